The Labute approximate surface area is 187 Å². The number of rotatable bonds is 6. The number of para-hydroxylation sites is 2. The van der Waals surface area contributed by atoms with Crippen LogP contribution in [-0.4, -0.2) is 32.5 Å². The van der Waals surface area contributed by atoms with Gasteiger partial charge in [-0.2, -0.15) is 0 Å². The fourth-order valence-electron chi connectivity index (χ4n) is 3.90. The van der Waals surface area contributed by atoms with Crippen molar-refractivity contribution >= 4 is 43.5 Å². The summed E-state index contributed by atoms with van der Waals surface area (Å²) in [7, 11) is 1.59. The van der Waals surface area contributed by atoms with Gasteiger partial charge in [0.05, 0.1) is 24.3 Å². The number of aromatic nitrogens is 4. The number of Topliss-reactive ketones (excluding diaryl/α,β-unsaturated/α-hetero) is 1. The molecule has 0 aliphatic heterocycles. The molecule has 5 aromatic rings. The van der Waals surface area contributed by atoms with Gasteiger partial charge in [0.25, 0.3) is 0 Å². The van der Waals surface area contributed by atoms with E-state index in [0.29, 0.717) is 17.9 Å². The third-order valence-corrected chi connectivity index (χ3v) is 5.99. The van der Waals surface area contributed by atoms with Crippen molar-refractivity contribution in [2.45, 2.75) is 13.1 Å². The van der Waals surface area contributed by atoms with Gasteiger partial charge in [-0.1, -0.05) is 41.6 Å². The summed E-state index contributed by atoms with van der Waals surface area (Å²) in [5.74, 6) is 0.641. The summed E-state index contributed by atoms with van der Waals surface area (Å²) < 4.78 is 9.79. The van der Waals surface area contributed by atoms with E-state index in [1.54, 1.807) is 30.0 Å². The van der Waals surface area contributed by atoms with Crippen LogP contribution in [0.5, 0.6) is 5.75 Å². The van der Waals surface area contributed by atoms with Gasteiger partial charge in [0.15, 0.2) is 5.78 Å². The Morgan fingerprint density at radius 2 is 1.68 bits per heavy atom. The molecule has 3 aromatic carbocycles. The zero-order valence-corrected chi connectivity index (χ0v) is 18.4. The van der Waals surface area contributed by atoms with Crippen molar-refractivity contribution in [2.75, 3.05) is 7.11 Å². The Bertz CT molecular complexity index is 1370. The number of methoxy groups -OCH3 is 1. The second-order valence-corrected chi connectivity index (χ2v) is 8.15. The first-order valence-electron chi connectivity index (χ1n) is 9.86. The van der Waals surface area contributed by atoms with Gasteiger partial charge in [0.1, 0.15) is 18.0 Å². The predicted molar refractivity (Wildman–Crippen MR) is 124 cm³/mol. The lowest BCUT2D eigenvalue weighted by atomic mass is 10.1. The molecule has 31 heavy (non-hydrogen) atoms. The van der Waals surface area contributed by atoms with E-state index in [9.17, 15) is 4.79 Å². The van der Waals surface area contributed by atoms with E-state index >= 15 is 0 Å². The molecule has 7 heteroatoms. The molecular formula is C24H19BrN4O2. The van der Waals surface area contributed by atoms with Gasteiger partial charge in [0.2, 0.25) is 0 Å². The lowest BCUT2D eigenvalue weighted by Crippen LogP contribution is -2.11. The zero-order valence-electron chi connectivity index (χ0n) is 16.8. The Hall–Kier alpha value is -3.45. The van der Waals surface area contributed by atoms with Crippen LogP contribution in [0.2, 0.25) is 0 Å². The van der Waals surface area contributed by atoms with E-state index in [1.165, 1.54) is 10.8 Å². The average Bonchev–Trinajstić information content (AvgIpc) is 3.37. The fourth-order valence-corrected chi connectivity index (χ4v) is 4.44. The molecule has 0 aliphatic rings. The summed E-state index contributed by atoms with van der Waals surface area (Å²) in [5, 5.41) is 10.9. The molecule has 0 spiro atoms. The second kappa shape index (κ2) is 8.00. The van der Waals surface area contributed by atoms with Crippen LogP contribution in [0.4, 0.5) is 0 Å². The van der Waals surface area contributed by atoms with E-state index in [4.69, 9.17) is 4.74 Å². The van der Waals surface area contributed by atoms with Crippen molar-refractivity contribution < 1.29 is 9.53 Å². The van der Waals surface area contributed by atoms with Crippen molar-refractivity contribution in [3.05, 3.63) is 88.7 Å². The van der Waals surface area contributed by atoms with Gasteiger partial charge in [-0.15, -0.1) is 5.10 Å². The van der Waals surface area contributed by atoms with Crippen LogP contribution >= 0.6 is 15.9 Å². The largest absolute Gasteiger partial charge is 0.496 e. The maximum atomic E-state index is 12.7. The first-order chi connectivity index (χ1) is 15.1. The third kappa shape index (κ3) is 3.61. The highest BCUT2D eigenvalue weighted by Gasteiger charge is 2.14. The van der Waals surface area contributed by atoms with Gasteiger partial charge >= 0.3 is 0 Å². The minimum absolute atomic E-state index is 0.0448. The number of fused-ring (bicyclic) bond motifs is 3. The molecule has 0 atom stereocenters. The van der Waals surface area contributed by atoms with Crippen LogP contribution in [0.3, 0.4) is 0 Å². The third-order valence-electron chi connectivity index (χ3n) is 5.37. The topological polar surface area (TPSA) is 61.9 Å². The van der Waals surface area contributed by atoms with Crippen molar-refractivity contribution in [3.63, 3.8) is 0 Å². The fraction of sp³-hybridized carbons (Fsp3) is 0.125. The number of carbonyl (C=O) groups is 1. The second-order valence-electron chi connectivity index (χ2n) is 7.30. The zero-order chi connectivity index (χ0) is 21.4. The maximum absolute atomic E-state index is 12.7. The first kappa shape index (κ1) is 19.5. The summed E-state index contributed by atoms with van der Waals surface area (Å²) in [6.07, 6.45) is 1.83. The molecule has 0 bridgehead atoms. The van der Waals surface area contributed by atoms with Crippen molar-refractivity contribution in [2.24, 2.45) is 0 Å². The number of ketones is 1. The van der Waals surface area contributed by atoms with Crippen LogP contribution in [-0.2, 0) is 13.1 Å². The lowest BCUT2D eigenvalue weighted by Gasteiger charge is -2.06. The lowest BCUT2D eigenvalue weighted by molar-refractivity contribution is 0.0967. The summed E-state index contributed by atoms with van der Waals surface area (Å²) in [6, 6.07) is 22.0. The monoisotopic (exact) mass is 474 g/mol. The molecule has 6 nitrogen and oxygen atoms in total. The molecular weight excluding hydrogens is 456 g/mol. The minimum atomic E-state index is -0.0448. The predicted octanol–water partition coefficient (Wildman–Crippen LogP) is 5.09. The highest BCUT2D eigenvalue weighted by molar-refractivity contribution is 9.10. The molecule has 0 radical (unpaired) electrons. The van der Waals surface area contributed by atoms with E-state index in [-0.39, 0.29) is 12.3 Å². The molecule has 0 aliphatic carbocycles. The van der Waals surface area contributed by atoms with Crippen LogP contribution in [0.25, 0.3) is 21.8 Å². The van der Waals surface area contributed by atoms with Crippen molar-refractivity contribution in [1.82, 2.24) is 19.6 Å². The summed E-state index contributed by atoms with van der Waals surface area (Å²) in [4.78, 5) is 12.7. The molecule has 0 fully saturated rings. The first-order valence-corrected chi connectivity index (χ1v) is 10.6. The van der Waals surface area contributed by atoms with Crippen molar-refractivity contribution in [1.29, 1.82) is 0 Å². The quantitative estimate of drug-likeness (QED) is 0.321. The summed E-state index contributed by atoms with van der Waals surface area (Å²) >= 11 is 3.42. The number of benzene rings is 3. The molecule has 0 saturated heterocycles. The number of ether oxygens (including phenoxy) is 1. The van der Waals surface area contributed by atoms with Gasteiger partial charge in [-0.25, -0.2) is 4.68 Å². The molecule has 2 heterocycles. The maximum Gasteiger partial charge on any atom is 0.184 e. The van der Waals surface area contributed by atoms with Crippen LogP contribution in [0.1, 0.15) is 16.1 Å². The van der Waals surface area contributed by atoms with Gasteiger partial charge in [0, 0.05) is 27.4 Å². The molecule has 0 N–H and O–H groups in total. The Balaban J connectivity index is 1.40. The van der Waals surface area contributed by atoms with Crippen molar-refractivity contribution in [3.8, 4) is 5.75 Å². The van der Waals surface area contributed by atoms with E-state index in [2.05, 4.69) is 67.2 Å². The summed E-state index contributed by atoms with van der Waals surface area (Å²) in [5.41, 5.74) is 3.69. The van der Waals surface area contributed by atoms with Gasteiger partial charge in [-0.3, -0.25) is 4.79 Å². The highest BCUT2D eigenvalue weighted by Crippen LogP contribution is 2.29. The van der Waals surface area contributed by atoms with E-state index in [0.717, 1.165) is 21.2 Å². The van der Waals surface area contributed by atoms with E-state index in [1.807, 2.05) is 18.3 Å². The average molecular weight is 475 g/mol. The van der Waals surface area contributed by atoms with Crippen LogP contribution in [0, 0.1) is 0 Å². The van der Waals surface area contributed by atoms with Crippen LogP contribution < -0.4 is 4.74 Å². The molecule has 2 aromatic heterocycles. The number of carbonyl (C=O) groups excluding carboxylic acids is 1. The number of halogens is 1. The molecule has 0 saturated carbocycles. The SMILES string of the molecule is COc1ccc(C(=O)Cn2cc(Cn3c4ccccc4c4ccccc43)nn2)cc1Br. The van der Waals surface area contributed by atoms with Gasteiger partial charge in [-0.05, 0) is 46.3 Å². The molecule has 0 unspecified atom stereocenters. The Morgan fingerprint density at radius 1 is 1.00 bits per heavy atom. The highest BCUT2D eigenvalue weighted by atomic mass is 79.9. The standard InChI is InChI=1S/C24H19BrN4O2/c1-31-24-11-10-16(12-20(24)25)23(30)15-28-13-17(26-27-28)14-29-21-8-4-2-6-18(21)19-7-3-5-9-22(19)29/h2-13H,14-15H2,1H3. The Kier molecular flexibility index (Phi) is 5.03. The minimum Gasteiger partial charge on any atom is -0.496 e. The normalized spacial score (nSPS) is 11.3. The molecule has 154 valence electrons. The number of hydrogen-bond acceptors (Lipinski definition) is 4. The number of hydrogen-bond donors (Lipinski definition) is 0. The molecule has 0 amide bonds. The Morgan fingerprint density at radius 3 is 2.32 bits per heavy atom. The van der Waals surface area contributed by atoms with Gasteiger partial charge < -0.3 is 9.30 Å². The van der Waals surface area contributed by atoms with E-state index < -0.39 is 0 Å². The number of nitrogens with zero attached hydrogens (tertiary/aromatic N) is 4. The smallest absolute Gasteiger partial charge is 0.184 e. The van der Waals surface area contributed by atoms with Crippen LogP contribution in [0.15, 0.2) is 77.4 Å². The molecule has 5 rings (SSSR count). The summed E-state index contributed by atoms with van der Waals surface area (Å²) in [6.45, 7) is 0.704.